The summed E-state index contributed by atoms with van der Waals surface area (Å²) in [4.78, 5) is 38.3. The van der Waals surface area contributed by atoms with Gasteiger partial charge in [-0.1, -0.05) is 248 Å². The van der Waals surface area contributed by atoms with E-state index in [2.05, 4.69) is 203 Å². The summed E-state index contributed by atoms with van der Waals surface area (Å²) in [5.41, 5.74) is 0. The molecular weight excluding hydrogens is 973 g/mol. The lowest BCUT2D eigenvalue weighted by molar-refractivity contribution is -0.167. The second-order valence-electron chi connectivity index (χ2n) is 19.8. The molecule has 6 heteroatoms. The van der Waals surface area contributed by atoms with E-state index in [1.165, 1.54) is 19.3 Å². The summed E-state index contributed by atoms with van der Waals surface area (Å²) in [5.74, 6) is -1.00. The Hall–Kier alpha value is -5.49. The molecule has 0 fully saturated rings. The Kier molecular flexibility index (Phi) is 60.5. The third-order valence-corrected chi connectivity index (χ3v) is 12.4. The van der Waals surface area contributed by atoms with Crippen molar-refractivity contribution < 1.29 is 28.6 Å². The van der Waals surface area contributed by atoms with Gasteiger partial charge in [0, 0.05) is 19.3 Å². The van der Waals surface area contributed by atoms with E-state index in [0.29, 0.717) is 19.3 Å². The Morgan fingerprint density at radius 2 is 0.456 bits per heavy atom. The number of rotatable bonds is 54. The molecular formula is C73H112O6. The van der Waals surface area contributed by atoms with E-state index in [1.54, 1.807) is 0 Å². The minimum Gasteiger partial charge on any atom is -0.462 e. The summed E-state index contributed by atoms with van der Waals surface area (Å²) in [6.45, 7) is 6.22. The molecule has 0 aromatic carbocycles. The Bertz CT molecular complexity index is 1870. The Morgan fingerprint density at radius 3 is 0.734 bits per heavy atom. The number of unbranched alkanes of at least 4 members (excludes halogenated alkanes) is 13. The van der Waals surface area contributed by atoms with Crippen molar-refractivity contribution in [1.82, 2.24) is 0 Å². The van der Waals surface area contributed by atoms with Gasteiger partial charge in [0.1, 0.15) is 13.2 Å². The van der Waals surface area contributed by atoms with Crippen molar-refractivity contribution >= 4 is 17.9 Å². The molecule has 0 rings (SSSR count). The lowest BCUT2D eigenvalue weighted by atomic mass is 10.1. The largest absolute Gasteiger partial charge is 0.462 e. The third kappa shape index (κ3) is 63.2. The van der Waals surface area contributed by atoms with E-state index >= 15 is 0 Å². The zero-order chi connectivity index (χ0) is 57.1. The molecule has 0 saturated heterocycles. The second kappa shape index (κ2) is 65.0. The van der Waals surface area contributed by atoms with Gasteiger partial charge in [-0.15, -0.1) is 0 Å². The van der Waals surface area contributed by atoms with Crippen LogP contribution in [0.2, 0.25) is 0 Å². The van der Waals surface area contributed by atoms with Crippen LogP contribution in [0.25, 0.3) is 0 Å². The molecule has 0 aliphatic carbocycles. The minimum absolute atomic E-state index is 0.119. The van der Waals surface area contributed by atoms with Gasteiger partial charge in [0.15, 0.2) is 6.10 Å². The number of carbonyl (C=O) groups is 3. The molecule has 1 unspecified atom stereocenters. The molecule has 0 aromatic rings. The van der Waals surface area contributed by atoms with Gasteiger partial charge < -0.3 is 14.2 Å². The first-order chi connectivity index (χ1) is 39.0. The Balaban J connectivity index is 4.54. The first kappa shape index (κ1) is 73.5. The highest BCUT2D eigenvalue weighted by atomic mass is 16.6. The number of carbonyl (C=O) groups excluding carboxylic acids is 3. The molecule has 1 atom stereocenters. The van der Waals surface area contributed by atoms with E-state index in [0.717, 1.165) is 173 Å². The van der Waals surface area contributed by atoms with Crippen molar-refractivity contribution in [2.24, 2.45) is 0 Å². The molecule has 0 heterocycles. The molecule has 79 heavy (non-hydrogen) atoms. The molecule has 0 amide bonds. The minimum atomic E-state index is -0.825. The van der Waals surface area contributed by atoms with Crippen LogP contribution in [0.5, 0.6) is 0 Å². The molecule has 0 bridgehead atoms. The average Bonchev–Trinajstić information content (AvgIpc) is 3.45. The van der Waals surface area contributed by atoms with Crippen molar-refractivity contribution in [2.45, 2.75) is 245 Å². The maximum absolute atomic E-state index is 12.9. The zero-order valence-electron chi connectivity index (χ0n) is 50.3. The van der Waals surface area contributed by atoms with Crippen LogP contribution in [-0.4, -0.2) is 37.2 Å². The monoisotopic (exact) mass is 1080 g/mol. The van der Waals surface area contributed by atoms with Crippen LogP contribution in [-0.2, 0) is 28.6 Å². The molecule has 0 aliphatic rings. The van der Waals surface area contributed by atoms with Crippen LogP contribution in [0, 0.1) is 0 Å². The van der Waals surface area contributed by atoms with Crippen molar-refractivity contribution in [3.63, 3.8) is 0 Å². The molecule has 440 valence electrons. The van der Waals surface area contributed by atoms with Crippen LogP contribution in [0.4, 0.5) is 0 Å². The summed E-state index contributed by atoms with van der Waals surface area (Å²) in [5, 5.41) is 0. The van der Waals surface area contributed by atoms with Crippen LogP contribution >= 0.6 is 0 Å². The highest BCUT2D eigenvalue weighted by Gasteiger charge is 2.19. The third-order valence-electron chi connectivity index (χ3n) is 12.4. The fourth-order valence-corrected chi connectivity index (χ4v) is 7.81. The molecule has 0 N–H and O–H groups in total. The van der Waals surface area contributed by atoms with Gasteiger partial charge in [0.25, 0.3) is 0 Å². The SMILES string of the molecule is CC/C=C\C/C=C\C/C=C\C/C=C\C/C=C\C/C=C\CCCCCCC(=O)OCC(COC(=O)CCCC/C=C\C/C=C\C/C=C\C/C=C\CC)OC(=O)CCCCCCCCC/C=C\C/C=C\C/C=C\C/C=C\C/C=C\CC. The van der Waals surface area contributed by atoms with Crippen LogP contribution in [0.1, 0.15) is 239 Å². The maximum Gasteiger partial charge on any atom is 0.306 e. The number of allylic oxidation sites excluding steroid dienone is 30. The second-order valence-corrected chi connectivity index (χ2v) is 19.8. The predicted molar refractivity (Wildman–Crippen MR) is 343 cm³/mol. The quantitative estimate of drug-likeness (QED) is 0.0261. The molecule has 0 spiro atoms. The molecule has 0 aliphatic heterocycles. The summed E-state index contributed by atoms with van der Waals surface area (Å²) in [6.07, 6.45) is 97.4. The lowest BCUT2D eigenvalue weighted by Gasteiger charge is -2.18. The van der Waals surface area contributed by atoms with E-state index in [-0.39, 0.29) is 37.5 Å². The Labute approximate surface area is 484 Å². The normalized spacial score (nSPS) is 13.4. The van der Waals surface area contributed by atoms with Crippen LogP contribution in [0.3, 0.4) is 0 Å². The smallest absolute Gasteiger partial charge is 0.306 e. The fraction of sp³-hybridized carbons (Fsp3) is 0.548. The van der Waals surface area contributed by atoms with E-state index in [4.69, 9.17) is 14.2 Å². The van der Waals surface area contributed by atoms with Crippen LogP contribution < -0.4 is 0 Å². The zero-order valence-corrected chi connectivity index (χ0v) is 50.3. The Morgan fingerprint density at radius 1 is 0.253 bits per heavy atom. The average molecular weight is 1090 g/mol. The van der Waals surface area contributed by atoms with Gasteiger partial charge in [-0.3, -0.25) is 14.4 Å². The maximum atomic E-state index is 12.9. The van der Waals surface area contributed by atoms with Crippen molar-refractivity contribution in [3.05, 3.63) is 182 Å². The highest BCUT2D eigenvalue weighted by Crippen LogP contribution is 2.13. The molecule has 0 saturated carbocycles. The van der Waals surface area contributed by atoms with Crippen molar-refractivity contribution in [1.29, 1.82) is 0 Å². The summed E-state index contributed by atoms with van der Waals surface area (Å²) in [6, 6.07) is 0. The topological polar surface area (TPSA) is 78.9 Å². The van der Waals surface area contributed by atoms with Crippen molar-refractivity contribution in [2.75, 3.05) is 13.2 Å². The van der Waals surface area contributed by atoms with Gasteiger partial charge in [-0.25, -0.2) is 0 Å². The summed E-state index contributed by atoms with van der Waals surface area (Å²) >= 11 is 0. The lowest BCUT2D eigenvalue weighted by Crippen LogP contribution is -2.30. The fourth-order valence-electron chi connectivity index (χ4n) is 7.81. The summed E-state index contributed by atoms with van der Waals surface area (Å²) in [7, 11) is 0. The summed E-state index contributed by atoms with van der Waals surface area (Å²) < 4.78 is 16.9. The molecule has 0 radical (unpaired) electrons. The number of esters is 3. The van der Waals surface area contributed by atoms with Gasteiger partial charge in [-0.05, 0) is 154 Å². The van der Waals surface area contributed by atoms with Gasteiger partial charge in [0.2, 0.25) is 0 Å². The van der Waals surface area contributed by atoms with E-state index < -0.39 is 6.10 Å². The first-order valence-electron chi connectivity index (χ1n) is 31.3. The molecule has 6 nitrogen and oxygen atoms in total. The van der Waals surface area contributed by atoms with Crippen molar-refractivity contribution in [3.8, 4) is 0 Å². The van der Waals surface area contributed by atoms with E-state index in [9.17, 15) is 14.4 Å². The van der Waals surface area contributed by atoms with E-state index in [1.807, 2.05) is 0 Å². The number of hydrogen-bond acceptors (Lipinski definition) is 6. The number of ether oxygens (including phenoxy) is 3. The van der Waals surface area contributed by atoms with Gasteiger partial charge in [0.05, 0.1) is 0 Å². The van der Waals surface area contributed by atoms with Gasteiger partial charge in [-0.2, -0.15) is 0 Å². The standard InChI is InChI=1S/C73H112O6/c1-4-7-10-13-16-19-22-25-28-30-32-34-36-38-40-42-45-48-51-54-57-60-63-66-72(75)78-69-70(68-77-71(74)65-62-59-56-53-50-47-44-27-24-21-18-15-12-9-6-3)79-73(76)67-64-61-58-55-52-49-46-43-41-39-37-35-33-31-29-26-23-20-17-14-11-8-5-2/h7-12,16-21,25-29,32-35,38-41,44-45,48,50,53,70H,4-6,13-15,22-24,30-31,36-37,42-43,46-47,49,51-52,54-69H2,1-3H3/b10-7-,11-8-,12-9-,19-16-,20-17-,21-18-,28-25-,29-26-,34-32-,35-33-,40-38-,41-39-,44-27-,48-45-,53-50-. The van der Waals surface area contributed by atoms with Crippen LogP contribution in [0.15, 0.2) is 182 Å². The number of hydrogen-bond donors (Lipinski definition) is 0. The highest BCUT2D eigenvalue weighted by molar-refractivity contribution is 5.71. The van der Waals surface area contributed by atoms with Gasteiger partial charge >= 0.3 is 17.9 Å². The molecule has 0 aromatic heterocycles. The predicted octanol–water partition coefficient (Wildman–Crippen LogP) is 21.7. The first-order valence-corrected chi connectivity index (χ1v) is 31.3.